The third-order valence-electron chi connectivity index (χ3n) is 3.56. The lowest BCUT2D eigenvalue weighted by atomic mass is 10.2. The number of sulfonamides is 1. The molecule has 8 nitrogen and oxygen atoms in total. The normalized spacial score (nSPS) is 11.3. The van der Waals surface area contributed by atoms with Crippen molar-refractivity contribution < 1.29 is 27.2 Å². The van der Waals surface area contributed by atoms with Gasteiger partial charge in [0.1, 0.15) is 5.76 Å². The molecule has 0 aliphatic carbocycles. The number of benzene rings is 1. The molecule has 0 bridgehead atoms. The fraction of sp³-hybridized carbons (Fsp3) is 0.294. The predicted molar refractivity (Wildman–Crippen MR) is 95.0 cm³/mol. The topological polar surface area (TPSA) is 106 Å². The number of esters is 1. The summed E-state index contributed by atoms with van der Waals surface area (Å²) in [5.74, 6) is -0.317. The van der Waals surface area contributed by atoms with E-state index in [2.05, 4.69) is 10.1 Å². The van der Waals surface area contributed by atoms with Crippen LogP contribution in [0.2, 0.25) is 0 Å². The standard InChI is InChI=1S/C17H20N2O6S/c1-24-17(21)13-5-7-14(8-6-13)18-16(20)9-10-19(26(2,22)23)12-15-4-3-11-25-15/h3-8,11H,9-10,12H2,1-2H3,(H,18,20). The van der Waals surface area contributed by atoms with Crippen LogP contribution in [0.3, 0.4) is 0 Å². The van der Waals surface area contributed by atoms with E-state index in [1.807, 2.05) is 0 Å². The van der Waals surface area contributed by atoms with Crippen LogP contribution in [0.25, 0.3) is 0 Å². The molecule has 140 valence electrons. The van der Waals surface area contributed by atoms with Crippen molar-refractivity contribution in [2.75, 3.05) is 25.2 Å². The fourth-order valence-electron chi connectivity index (χ4n) is 2.20. The molecule has 1 aromatic carbocycles. The Labute approximate surface area is 151 Å². The zero-order valence-electron chi connectivity index (χ0n) is 14.5. The minimum atomic E-state index is -3.49. The summed E-state index contributed by atoms with van der Waals surface area (Å²) >= 11 is 0. The number of carbonyl (C=O) groups is 2. The number of nitrogens with zero attached hydrogens (tertiary/aromatic N) is 1. The van der Waals surface area contributed by atoms with E-state index in [0.29, 0.717) is 17.0 Å². The lowest BCUT2D eigenvalue weighted by molar-refractivity contribution is -0.116. The highest BCUT2D eigenvalue weighted by molar-refractivity contribution is 7.88. The van der Waals surface area contributed by atoms with Crippen LogP contribution >= 0.6 is 0 Å². The molecule has 0 unspecified atom stereocenters. The maximum absolute atomic E-state index is 12.1. The van der Waals surface area contributed by atoms with E-state index in [0.717, 1.165) is 6.26 Å². The van der Waals surface area contributed by atoms with Gasteiger partial charge in [-0.3, -0.25) is 4.79 Å². The van der Waals surface area contributed by atoms with Gasteiger partial charge in [0.15, 0.2) is 0 Å². The van der Waals surface area contributed by atoms with Gasteiger partial charge in [0.05, 0.1) is 31.7 Å². The lowest BCUT2D eigenvalue weighted by Crippen LogP contribution is -2.32. The number of ether oxygens (including phenoxy) is 1. The molecule has 9 heteroatoms. The molecule has 1 N–H and O–H groups in total. The summed E-state index contributed by atoms with van der Waals surface area (Å²) in [5, 5.41) is 2.66. The first kappa shape index (κ1) is 19.7. The van der Waals surface area contributed by atoms with Crippen molar-refractivity contribution in [2.45, 2.75) is 13.0 Å². The molecular formula is C17H20N2O6S. The molecule has 0 aliphatic heterocycles. The van der Waals surface area contributed by atoms with Crippen LogP contribution in [0.4, 0.5) is 5.69 Å². The van der Waals surface area contributed by atoms with Crippen LogP contribution < -0.4 is 5.32 Å². The Morgan fingerprint density at radius 1 is 1.19 bits per heavy atom. The molecule has 0 aliphatic rings. The van der Waals surface area contributed by atoms with Crippen molar-refractivity contribution in [3.63, 3.8) is 0 Å². The molecule has 0 saturated carbocycles. The van der Waals surface area contributed by atoms with Gasteiger partial charge in [-0.1, -0.05) is 0 Å². The first-order chi connectivity index (χ1) is 12.3. The van der Waals surface area contributed by atoms with Crippen molar-refractivity contribution in [1.29, 1.82) is 0 Å². The number of anilines is 1. The second-order valence-electron chi connectivity index (χ2n) is 5.54. The number of methoxy groups -OCH3 is 1. The number of carbonyl (C=O) groups excluding carboxylic acids is 2. The smallest absolute Gasteiger partial charge is 0.337 e. The highest BCUT2D eigenvalue weighted by Gasteiger charge is 2.19. The molecule has 0 spiro atoms. The maximum atomic E-state index is 12.1. The summed E-state index contributed by atoms with van der Waals surface area (Å²) in [5.41, 5.74) is 0.867. The summed E-state index contributed by atoms with van der Waals surface area (Å²) in [6.07, 6.45) is 2.52. The van der Waals surface area contributed by atoms with Crippen LogP contribution in [0.5, 0.6) is 0 Å². The minimum Gasteiger partial charge on any atom is -0.468 e. The maximum Gasteiger partial charge on any atom is 0.337 e. The van der Waals surface area contributed by atoms with Gasteiger partial charge >= 0.3 is 5.97 Å². The van der Waals surface area contributed by atoms with Gasteiger partial charge in [0.2, 0.25) is 15.9 Å². The summed E-state index contributed by atoms with van der Waals surface area (Å²) in [6.45, 7) is 0.0819. The monoisotopic (exact) mass is 380 g/mol. The molecule has 0 atom stereocenters. The molecular weight excluding hydrogens is 360 g/mol. The van der Waals surface area contributed by atoms with Crippen molar-refractivity contribution in [3.8, 4) is 0 Å². The first-order valence-electron chi connectivity index (χ1n) is 7.75. The molecule has 1 aromatic heterocycles. The zero-order valence-corrected chi connectivity index (χ0v) is 15.3. The van der Waals surface area contributed by atoms with Gasteiger partial charge in [-0.2, -0.15) is 4.31 Å². The molecule has 0 saturated heterocycles. The van der Waals surface area contributed by atoms with E-state index in [4.69, 9.17) is 4.42 Å². The SMILES string of the molecule is COC(=O)c1ccc(NC(=O)CCN(Cc2ccco2)S(C)(=O)=O)cc1. The van der Waals surface area contributed by atoms with Gasteiger partial charge in [0.25, 0.3) is 0 Å². The van der Waals surface area contributed by atoms with Crippen LogP contribution in [-0.2, 0) is 26.1 Å². The quantitative estimate of drug-likeness (QED) is 0.701. The zero-order chi connectivity index (χ0) is 19.2. The number of hydrogen-bond donors (Lipinski definition) is 1. The molecule has 26 heavy (non-hydrogen) atoms. The lowest BCUT2D eigenvalue weighted by Gasteiger charge is -2.18. The Morgan fingerprint density at radius 2 is 1.88 bits per heavy atom. The van der Waals surface area contributed by atoms with Gasteiger partial charge in [0, 0.05) is 18.7 Å². The third-order valence-corrected chi connectivity index (χ3v) is 4.81. The molecule has 1 amide bonds. The average Bonchev–Trinajstić information content (AvgIpc) is 3.10. The van der Waals surface area contributed by atoms with E-state index in [1.54, 1.807) is 24.3 Å². The van der Waals surface area contributed by atoms with Gasteiger partial charge in [-0.15, -0.1) is 0 Å². The number of rotatable bonds is 8. The highest BCUT2D eigenvalue weighted by Crippen LogP contribution is 2.12. The van der Waals surface area contributed by atoms with E-state index in [9.17, 15) is 18.0 Å². The predicted octanol–water partition coefficient (Wildman–Crippen LogP) is 1.86. The summed E-state index contributed by atoms with van der Waals surface area (Å²) in [4.78, 5) is 23.4. The first-order valence-corrected chi connectivity index (χ1v) is 9.60. The minimum absolute atomic E-state index is 0.0195. The van der Waals surface area contributed by atoms with Gasteiger partial charge < -0.3 is 14.5 Å². The van der Waals surface area contributed by atoms with E-state index >= 15 is 0 Å². The number of furan rings is 1. The fourth-order valence-corrected chi connectivity index (χ4v) is 2.98. The second kappa shape index (κ2) is 8.63. The summed E-state index contributed by atoms with van der Waals surface area (Å²) < 4.78 is 34.7. The van der Waals surface area contributed by atoms with Crippen LogP contribution in [-0.4, -0.2) is 44.5 Å². The summed E-state index contributed by atoms with van der Waals surface area (Å²) in [6, 6.07) is 9.53. The number of nitrogens with one attached hydrogen (secondary N) is 1. The van der Waals surface area contributed by atoms with Crippen LogP contribution in [0.1, 0.15) is 22.5 Å². The van der Waals surface area contributed by atoms with E-state index in [1.165, 1.54) is 29.8 Å². The van der Waals surface area contributed by atoms with Crippen molar-refractivity contribution in [2.24, 2.45) is 0 Å². The Morgan fingerprint density at radius 3 is 2.42 bits per heavy atom. The third kappa shape index (κ3) is 5.71. The van der Waals surface area contributed by atoms with Crippen molar-refractivity contribution >= 4 is 27.6 Å². The van der Waals surface area contributed by atoms with E-state index in [-0.39, 0.29) is 25.4 Å². The highest BCUT2D eigenvalue weighted by atomic mass is 32.2. The Kier molecular flexibility index (Phi) is 6.53. The van der Waals surface area contributed by atoms with Crippen LogP contribution in [0, 0.1) is 0 Å². The Balaban J connectivity index is 1.92. The van der Waals surface area contributed by atoms with Crippen molar-refractivity contribution in [3.05, 3.63) is 54.0 Å². The number of hydrogen-bond acceptors (Lipinski definition) is 6. The Hall–Kier alpha value is -2.65. The largest absolute Gasteiger partial charge is 0.468 e. The molecule has 1 heterocycles. The second-order valence-corrected chi connectivity index (χ2v) is 7.53. The van der Waals surface area contributed by atoms with Crippen molar-refractivity contribution in [1.82, 2.24) is 4.31 Å². The molecule has 2 rings (SSSR count). The summed E-state index contributed by atoms with van der Waals surface area (Å²) in [7, 11) is -2.20. The van der Waals surface area contributed by atoms with Gasteiger partial charge in [-0.05, 0) is 36.4 Å². The van der Waals surface area contributed by atoms with Crippen LogP contribution in [0.15, 0.2) is 47.1 Å². The molecule has 2 aromatic rings. The average molecular weight is 380 g/mol. The molecule has 0 radical (unpaired) electrons. The Bertz CT molecular complexity index is 844. The van der Waals surface area contributed by atoms with Gasteiger partial charge in [-0.25, -0.2) is 13.2 Å². The number of amides is 1. The van der Waals surface area contributed by atoms with E-state index < -0.39 is 16.0 Å². The molecule has 0 fully saturated rings.